The number of nitrogens with zero attached hydrogens (tertiary/aromatic N) is 2. The number of ether oxygens (including phenoxy) is 5. The molecule has 9 nitrogen and oxygen atoms in total. The molecule has 7 rings (SSSR count). The Bertz CT molecular complexity index is 2230. The molecule has 2 aliphatic heterocycles. The van der Waals surface area contributed by atoms with E-state index in [9.17, 15) is 9.59 Å². The zero-order valence-corrected chi connectivity index (χ0v) is 28.4. The fourth-order valence-electron chi connectivity index (χ4n) is 5.63. The Kier molecular flexibility index (Phi) is 8.88. The molecule has 0 aliphatic carbocycles. The fourth-order valence-corrected chi connectivity index (χ4v) is 6.89. The maximum atomic E-state index is 14.3. The molecule has 0 unspecified atom stereocenters. The summed E-state index contributed by atoms with van der Waals surface area (Å²) in [4.78, 5) is 33.4. The van der Waals surface area contributed by atoms with Gasteiger partial charge in [-0.25, -0.2) is 9.79 Å². The van der Waals surface area contributed by atoms with Crippen molar-refractivity contribution in [3.8, 4) is 23.0 Å². The molecule has 5 aromatic rings. The number of carbonyl (C=O) groups is 1. The van der Waals surface area contributed by atoms with Gasteiger partial charge in [0.1, 0.15) is 6.61 Å². The van der Waals surface area contributed by atoms with Crippen molar-refractivity contribution in [1.82, 2.24) is 4.57 Å². The molecule has 0 radical (unpaired) electrons. The number of carbonyl (C=O) groups excluding carboxylic acids is 1. The van der Waals surface area contributed by atoms with E-state index < -0.39 is 12.0 Å². The Morgan fingerprint density at radius 2 is 1.79 bits per heavy atom. The second kappa shape index (κ2) is 13.5. The zero-order chi connectivity index (χ0) is 33.2. The molecule has 0 saturated carbocycles. The molecular formula is C37H29BrN2O7S. The Labute approximate surface area is 288 Å². The summed E-state index contributed by atoms with van der Waals surface area (Å²) in [6.45, 7) is 2.37. The van der Waals surface area contributed by atoms with Crippen molar-refractivity contribution in [3.63, 3.8) is 0 Å². The van der Waals surface area contributed by atoms with Crippen LogP contribution in [0.15, 0.2) is 111 Å². The van der Waals surface area contributed by atoms with Crippen molar-refractivity contribution >= 4 is 45.0 Å². The third kappa shape index (κ3) is 6.14. The van der Waals surface area contributed by atoms with E-state index in [1.54, 1.807) is 36.8 Å². The standard InChI is InChI=1S/C37H29BrN2O7S/c1-3-44-36(42)32-33(24-7-5-4-6-8-24)39-37-40(34(32)25-12-16-28-30(19-25)47-21-46-28)35(41)31(48-37)18-23-11-15-27(29(17-23)43-2)45-20-22-9-13-26(38)14-10-22/h4-19,34H,3,20-21H2,1-2H3/b31-18-/t34-/m1/s1. The van der Waals surface area contributed by atoms with E-state index in [4.69, 9.17) is 28.7 Å². The van der Waals surface area contributed by atoms with Crippen molar-refractivity contribution in [1.29, 1.82) is 0 Å². The zero-order valence-electron chi connectivity index (χ0n) is 26.0. The summed E-state index contributed by atoms with van der Waals surface area (Å²) in [5.74, 6) is 1.68. The predicted octanol–water partition coefficient (Wildman–Crippen LogP) is 6.01. The summed E-state index contributed by atoms with van der Waals surface area (Å²) < 4.78 is 31.5. The highest BCUT2D eigenvalue weighted by Crippen LogP contribution is 2.40. The number of fused-ring (bicyclic) bond motifs is 2. The Morgan fingerprint density at radius 3 is 2.56 bits per heavy atom. The first-order valence-electron chi connectivity index (χ1n) is 15.2. The fraction of sp³-hybridized carbons (Fsp3) is 0.162. The molecule has 0 saturated heterocycles. The molecule has 0 N–H and O–H groups in total. The number of methoxy groups -OCH3 is 1. The van der Waals surface area contributed by atoms with Crippen molar-refractivity contribution in [2.24, 2.45) is 4.99 Å². The van der Waals surface area contributed by atoms with Gasteiger partial charge in [-0.1, -0.05) is 81.9 Å². The smallest absolute Gasteiger partial charge is 0.338 e. The van der Waals surface area contributed by atoms with E-state index in [1.807, 2.05) is 78.9 Å². The third-order valence-corrected chi connectivity index (χ3v) is 9.39. The lowest BCUT2D eigenvalue weighted by atomic mass is 9.93. The molecule has 3 heterocycles. The molecule has 0 bridgehead atoms. The summed E-state index contributed by atoms with van der Waals surface area (Å²) in [5.41, 5.74) is 3.54. The van der Waals surface area contributed by atoms with Crippen LogP contribution in [-0.4, -0.2) is 31.0 Å². The summed E-state index contributed by atoms with van der Waals surface area (Å²) in [5, 5.41) is 0. The number of hydrogen-bond acceptors (Lipinski definition) is 9. The minimum atomic E-state index is -0.837. The van der Waals surface area contributed by atoms with E-state index in [0.717, 1.165) is 21.2 Å². The number of halogens is 1. The number of esters is 1. The van der Waals surface area contributed by atoms with Crippen LogP contribution in [0.1, 0.15) is 35.2 Å². The largest absolute Gasteiger partial charge is 0.493 e. The average molecular weight is 726 g/mol. The first-order valence-corrected chi connectivity index (χ1v) is 16.8. The van der Waals surface area contributed by atoms with Gasteiger partial charge in [-0.15, -0.1) is 0 Å². The number of hydrogen-bond donors (Lipinski definition) is 0. The molecule has 2 aliphatic rings. The first kappa shape index (κ1) is 31.5. The molecule has 11 heteroatoms. The monoisotopic (exact) mass is 724 g/mol. The lowest BCUT2D eigenvalue weighted by molar-refractivity contribution is -0.138. The molecule has 48 heavy (non-hydrogen) atoms. The van der Waals surface area contributed by atoms with Crippen LogP contribution >= 0.6 is 27.3 Å². The van der Waals surface area contributed by atoms with Crippen molar-refractivity contribution in [2.45, 2.75) is 19.6 Å². The van der Waals surface area contributed by atoms with Gasteiger partial charge >= 0.3 is 5.97 Å². The van der Waals surface area contributed by atoms with Crippen LogP contribution < -0.4 is 33.8 Å². The second-order valence-electron chi connectivity index (χ2n) is 10.9. The first-order chi connectivity index (χ1) is 23.4. The SMILES string of the molecule is CCOC(=O)C1=C(c2ccccc2)N=c2s/c(=C\c3ccc(OCc4ccc(Br)cc4)c(OC)c3)c(=O)n2[C@@H]1c1ccc2c(c1)OCO2. The molecule has 0 fully saturated rings. The van der Waals surface area contributed by atoms with E-state index in [2.05, 4.69) is 15.9 Å². The van der Waals surface area contributed by atoms with Gasteiger partial charge in [0.2, 0.25) is 6.79 Å². The Balaban J connectivity index is 1.34. The Morgan fingerprint density at radius 1 is 1.00 bits per heavy atom. The maximum Gasteiger partial charge on any atom is 0.338 e. The minimum Gasteiger partial charge on any atom is -0.493 e. The normalized spacial score (nSPS) is 15.1. The maximum absolute atomic E-state index is 14.3. The van der Waals surface area contributed by atoms with Gasteiger partial charge in [0.05, 0.1) is 35.6 Å². The number of benzene rings is 4. The van der Waals surface area contributed by atoms with Crippen molar-refractivity contribution in [3.05, 3.63) is 143 Å². The van der Waals surface area contributed by atoms with E-state index in [0.29, 0.717) is 50.2 Å². The molecule has 1 atom stereocenters. The van der Waals surface area contributed by atoms with Gasteiger partial charge < -0.3 is 23.7 Å². The van der Waals surface area contributed by atoms with E-state index in [1.165, 1.54) is 11.3 Å². The van der Waals surface area contributed by atoms with E-state index in [-0.39, 0.29) is 24.5 Å². The molecule has 242 valence electrons. The van der Waals surface area contributed by atoms with Crippen molar-refractivity contribution < 1.29 is 28.5 Å². The van der Waals surface area contributed by atoms with Crippen LogP contribution in [0, 0.1) is 0 Å². The second-order valence-corrected chi connectivity index (χ2v) is 12.8. The van der Waals surface area contributed by atoms with E-state index >= 15 is 0 Å². The lowest BCUT2D eigenvalue weighted by Crippen LogP contribution is -2.40. The van der Waals surface area contributed by atoms with Gasteiger partial charge in [0.25, 0.3) is 5.56 Å². The van der Waals surface area contributed by atoms with Crippen LogP contribution in [0.3, 0.4) is 0 Å². The average Bonchev–Trinajstić information content (AvgIpc) is 3.71. The molecule has 1 aromatic heterocycles. The molecular weight excluding hydrogens is 696 g/mol. The summed E-state index contributed by atoms with van der Waals surface area (Å²) in [7, 11) is 1.58. The van der Waals surface area contributed by atoms with Gasteiger partial charge in [-0.3, -0.25) is 9.36 Å². The summed E-state index contributed by atoms with van der Waals surface area (Å²) in [6, 6.07) is 27.4. The minimum absolute atomic E-state index is 0.0922. The predicted molar refractivity (Wildman–Crippen MR) is 185 cm³/mol. The summed E-state index contributed by atoms with van der Waals surface area (Å²) >= 11 is 4.69. The number of thiazole rings is 1. The Hall–Kier alpha value is -5.13. The summed E-state index contributed by atoms with van der Waals surface area (Å²) in [6.07, 6.45) is 1.79. The lowest BCUT2D eigenvalue weighted by Gasteiger charge is -2.26. The molecule has 4 aromatic carbocycles. The van der Waals surface area contributed by atoms with Crippen LogP contribution in [-0.2, 0) is 16.1 Å². The number of rotatable bonds is 9. The van der Waals surface area contributed by atoms with Gasteiger partial charge in [-0.2, -0.15) is 0 Å². The van der Waals surface area contributed by atoms with Crippen LogP contribution in [0.2, 0.25) is 0 Å². The molecule has 0 spiro atoms. The highest BCUT2D eigenvalue weighted by atomic mass is 79.9. The molecule has 0 amide bonds. The number of aromatic nitrogens is 1. The van der Waals surface area contributed by atoms with Gasteiger partial charge in [-0.05, 0) is 66.1 Å². The van der Waals surface area contributed by atoms with Crippen LogP contribution in [0.5, 0.6) is 23.0 Å². The van der Waals surface area contributed by atoms with Gasteiger partial charge in [0.15, 0.2) is 27.8 Å². The topological polar surface area (TPSA) is 97.6 Å². The van der Waals surface area contributed by atoms with Crippen LogP contribution in [0.4, 0.5) is 0 Å². The third-order valence-electron chi connectivity index (χ3n) is 7.88. The van der Waals surface area contributed by atoms with Gasteiger partial charge in [0, 0.05) is 10.0 Å². The van der Waals surface area contributed by atoms with Crippen molar-refractivity contribution in [2.75, 3.05) is 20.5 Å². The highest BCUT2D eigenvalue weighted by molar-refractivity contribution is 9.10. The highest BCUT2D eigenvalue weighted by Gasteiger charge is 2.36. The van der Waals surface area contributed by atoms with Crippen LogP contribution in [0.25, 0.3) is 11.8 Å². The quantitative estimate of drug-likeness (QED) is 0.172.